The normalized spacial score (nSPS) is 10.5. The summed E-state index contributed by atoms with van der Waals surface area (Å²) in [5.74, 6) is 4.46. The molecule has 1 rings (SSSR count). The molecule has 0 aliphatic carbocycles. The van der Waals surface area contributed by atoms with Gasteiger partial charge in [-0.05, 0) is 13.0 Å². The van der Waals surface area contributed by atoms with Gasteiger partial charge in [-0.15, -0.1) is 0 Å². The molecule has 6 heteroatoms. The summed E-state index contributed by atoms with van der Waals surface area (Å²) in [6, 6.07) is 1.49. The van der Waals surface area contributed by atoms with E-state index in [1.165, 1.54) is 18.5 Å². The van der Waals surface area contributed by atoms with Crippen molar-refractivity contribution in [1.29, 1.82) is 0 Å². The summed E-state index contributed by atoms with van der Waals surface area (Å²) in [6.07, 6.45) is 2.66. The predicted molar refractivity (Wildman–Crippen MR) is 57.0 cm³/mol. The summed E-state index contributed by atoms with van der Waals surface area (Å²) in [7, 11) is 0. The minimum Gasteiger partial charge on any atom is -0.462 e. The summed E-state index contributed by atoms with van der Waals surface area (Å²) in [4.78, 5) is 15.2. The van der Waals surface area contributed by atoms with E-state index in [0.29, 0.717) is 12.3 Å². The average Bonchev–Trinajstić information content (AvgIpc) is 2.18. The van der Waals surface area contributed by atoms with Gasteiger partial charge in [-0.2, -0.15) is 5.10 Å². The second kappa shape index (κ2) is 5.31. The number of ether oxygens (including phenoxy) is 1. The summed E-state index contributed by atoms with van der Waals surface area (Å²) < 4.78 is 4.79. The Labute approximate surface area is 91.9 Å². The first-order chi connectivity index (χ1) is 7.19. The molecule has 0 aromatic carbocycles. The van der Waals surface area contributed by atoms with Gasteiger partial charge in [0.15, 0.2) is 0 Å². The van der Waals surface area contributed by atoms with Gasteiger partial charge in [-0.3, -0.25) is 4.98 Å². The second-order valence-electron chi connectivity index (χ2n) is 2.59. The van der Waals surface area contributed by atoms with E-state index in [1.54, 1.807) is 6.92 Å². The maximum atomic E-state index is 11.3. The molecule has 0 bridgehead atoms. The Hall–Kier alpha value is -1.62. The number of hydrazone groups is 1. The number of aromatic nitrogens is 1. The number of carbonyl (C=O) groups excluding carboxylic acids is 1. The van der Waals surface area contributed by atoms with Gasteiger partial charge in [0.1, 0.15) is 0 Å². The van der Waals surface area contributed by atoms with E-state index < -0.39 is 5.97 Å². The zero-order chi connectivity index (χ0) is 11.3. The van der Waals surface area contributed by atoms with Gasteiger partial charge in [0.25, 0.3) is 0 Å². The Kier molecular flexibility index (Phi) is 4.05. The fourth-order valence-electron chi connectivity index (χ4n) is 0.952. The molecule has 0 aliphatic heterocycles. The zero-order valence-electron chi connectivity index (χ0n) is 8.11. The molecule has 0 saturated carbocycles. The first-order valence-corrected chi connectivity index (χ1v) is 4.62. The molecule has 5 nitrogen and oxygen atoms in total. The van der Waals surface area contributed by atoms with Gasteiger partial charge in [0.2, 0.25) is 0 Å². The summed E-state index contributed by atoms with van der Waals surface area (Å²) >= 11 is 5.85. The lowest BCUT2D eigenvalue weighted by atomic mass is 10.2. The monoisotopic (exact) mass is 227 g/mol. The maximum absolute atomic E-state index is 11.3. The Morgan fingerprint density at radius 1 is 1.80 bits per heavy atom. The van der Waals surface area contributed by atoms with Crippen molar-refractivity contribution in [3.63, 3.8) is 0 Å². The molecule has 0 unspecified atom stereocenters. The van der Waals surface area contributed by atoms with Crippen molar-refractivity contribution in [3.8, 4) is 0 Å². The molecule has 0 fully saturated rings. The van der Waals surface area contributed by atoms with E-state index in [9.17, 15) is 4.79 Å². The first-order valence-electron chi connectivity index (χ1n) is 4.25. The highest BCUT2D eigenvalue weighted by Crippen LogP contribution is 2.16. The van der Waals surface area contributed by atoms with Gasteiger partial charge in [-0.25, -0.2) is 4.79 Å². The first kappa shape index (κ1) is 11.5. The van der Waals surface area contributed by atoms with Gasteiger partial charge in [0, 0.05) is 6.20 Å². The number of hydrogen-bond acceptors (Lipinski definition) is 5. The number of carbonyl (C=O) groups is 1. The highest BCUT2D eigenvalue weighted by atomic mass is 35.5. The van der Waals surface area contributed by atoms with Crippen molar-refractivity contribution in [1.82, 2.24) is 4.98 Å². The van der Waals surface area contributed by atoms with Crippen LogP contribution in [0, 0.1) is 0 Å². The highest BCUT2D eigenvalue weighted by molar-refractivity contribution is 6.33. The van der Waals surface area contributed by atoms with Crippen LogP contribution < -0.4 is 5.84 Å². The zero-order valence-corrected chi connectivity index (χ0v) is 8.86. The average molecular weight is 228 g/mol. The van der Waals surface area contributed by atoms with Gasteiger partial charge in [0.05, 0.1) is 29.1 Å². The van der Waals surface area contributed by atoms with Crippen LogP contribution in [-0.2, 0) is 4.74 Å². The largest absolute Gasteiger partial charge is 0.462 e. The predicted octanol–water partition coefficient (Wildman–Crippen LogP) is 1.20. The molecule has 0 saturated heterocycles. The van der Waals surface area contributed by atoms with Crippen LogP contribution in [0.3, 0.4) is 0 Å². The molecule has 1 aromatic rings. The lowest BCUT2D eigenvalue weighted by Gasteiger charge is -2.03. The van der Waals surface area contributed by atoms with Crippen LogP contribution >= 0.6 is 11.6 Å². The van der Waals surface area contributed by atoms with Crippen LogP contribution in [0.15, 0.2) is 17.4 Å². The fourth-order valence-corrected chi connectivity index (χ4v) is 1.19. The summed E-state index contributed by atoms with van der Waals surface area (Å²) in [5, 5.41) is 3.56. The van der Waals surface area contributed by atoms with Crippen LogP contribution in [-0.4, -0.2) is 23.8 Å². The number of nitrogens with two attached hydrogens (primary N) is 1. The smallest absolute Gasteiger partial charge is 0.341 e. The summed E-state index contributed by atoms with van der Waals surface area (Å²) in [6.45, 7) is 2.01. The number of halogens is 1. The van der Waals surface area contributed by atoms with E-state index in [2.05, 4.69) is 10.1 Å². The molecule has 2 N–H and O–H groups in total. The van der Waals surface area contributed by atoms with Crippen molar-refractivity contribution in [2.75, 3.05) is 6.61 Å². The molecule has 0 radical (unpaired) electrons. The van der Waals surface area contributed by atoms with E-state index in [4.69, 9.17) is 22.2 Å². The molecule has 0 amide bonds. The second-order valence-corrected chi connectivity index (χ2v) is 2.99. The standard InChI is InChI=1S/C9H10ClN3O2/c1-2-15-9(14)7-5-12-6(4-13-11)3-8(7)10/h3-5H,2,11H2,1H3. The van der Waals surface area contributed by atoms with Crippen LogP contribution in [0.1, 0.15) is 23.0 Å². The third-order valence-electron chi connectivity index (χ3n) is 1.58. The van der Waals surface area contributed by atoms with Crippen molar-refractivity contribution in [2.24, 2.45) is 10.9 Å². The quantitative estimate of drug-likeness (QED) is 0.364. The van der Waals surface area contributed by atoms with E-state index in [1.807, 2.05) is 0 Å². The number of esters is 1. The minimum atomic E-state index is -0.494. The number of pyridine rings is 1. The lowest BCUT2D eigenvalue weighted by Crippen LogP contribution is -2.06. The molecule has 0 aliphatic rings. The van der Waals surface area contributed by atoms with Crippen LogP contribution in [0.25, 0.3) is 0 Å². The van der Waals surface area contributed by atoms with E-state index in [-0.39, 0.29) is 10.6 Å². The van der Waals surface area contributed by atoms with Crippen LogP contribution in [0.4, 0.5) is 0 Å². The topological polar surface area (TPSA) is 77.6 Å². The summed E-state index contributed by atoms with van der Waals surface area (Å²) in [5.41, 5.74) is 0.711. The number of nitrogens with zero attached hydrogens (tertiary/aromatic N) is 2. The molecule has 15 heavy (non-hydrogen) atoms. The van der Waals surface area contributed by atoms with Crippen molar-refractivity contribution >= 4 is 23.8 Å². The molecule has 1 heterocycles. The molecule has 80 valence electrons. The lowest BCUT2D eigenvalue weighted by molar-refractivity contribution is 0.0526. The molecule has 0 atom stereocenters. The fraction of sp³-hybridized carbons (Fsp3) is 0.222. The molecule has 1 aromatic heterocycles. The molecular weight excluding hydrogens is 218 g/mol. The van der Waals surface area contributed by atoms with E-state index >= 15 is 0 Å². The molecule has 0 spiro atoms. The van der Waals surface area contributed by atoms with Crippen molar-refractivity contribution in [3.05, 3.63) is 28.5 Å². The van der Waals surface area contributed by atoms with Crippen LogP contribution in [0.5, 0.6) is 0 Å². The van der Waals surface area contributed by atoms with Crippen molar-refractivity contribution in [2.45, 2.75) is 6.92 Å². The Morgan fingerprint density at radius 3 is 3.07 bits per heavy atom. The maximum Gasteiger partial charge on any atom is 0.341 e. The third kappa shape index (κ3) is 2.92. The number of rotatable bonds is 3. The third-order valence-corrected chi connectivity index (χ3v) is 1.89. The van der Waals surface area contributed by atoms with Crippen LogP contribution in [0.2, 0.25) is 5.02 Å². The van der Waals surface area contributed by atoms with E-state index in [0.717, 1.165) is 0 Å². The van der Waals surface area contributed by atoms with Gasteiger partial charge < -0.3 is 10.6 Å². The Bertz CT molecular complexity index is 393. The van der Waals surface area contributed by atoms with Crippen molar-refractivity contribution < 1.29 is 9.53 Å². The van der Waals surface area contributed by atoms with Gasteiger partial charge >= 0.3 is 5.97 Å². The SMILES string of the molecule is CCOC(=O)c1cnc(C=NN)cc1Cl. The Morgan fingerprint density at radius 2 is 2.53 bits per heavy atom. The van der Waals surface area contributed by atoms with Gasteiger partial charge in [-0.1, -0.05) is 11.6 Å². The highest BCUT2D eigenvalue weighted by Gasteiger charge is 2.11. The Balaban J connectivity index is 2.97. The minimum absolute atomic E-state index is 0.229. The number of hydrogen-bond donors (Lipinski definition) is 1. The molecular formula is C9H10ClN3O2.